The van der Waals surface area contributed by atoms with E-state index in [9.17, 15) is 14.0 Å². The van der Waals surface area contributed by atoms with Crippen molar-refractivity contribution in [3.05, 3.63) is 34.6 Å². The molecule has 0 bridgehead atoms. The zero-order valence-electron chi connectivity index (χ0n) is 13.2. The molecule has 2 rings (SSSR count). The third-order valence-electron chi connectivity index (χ3n) is 3.94. The van der Waals surface area contributed by atoms with Gasteiger partial charge in [-0.2, -0.15) is 0 Å². The number of carbonyl (C=O) groups is 2. The fraction of sp³-hybridized carbons (Fsp3) is 0.500. The van der Waals surface area contributed by atoms with Crippen molar-refractivity contribution in [2.24, 2.45) is 0 Å². The van der Waals surface area contributed by atoms with Crippen LogP contribution in [0.1, 0.15) is 29.6 Å². The summed E-state index contributed by atoms with van der Waals surface area (Å²) >= 11 is 5.70. The van der Waals surface area contributed by atoms with E-state index >= 15 is 0 Å². The number of unbranched alkanes of at least 4 members (excludes halogenated alkanes) is 1. The minimum Gasteiger partial charge on any atom is -0.481 e. The molecule has 0 aliphatic carbocycles. The molecule has 134 valence electrons. The second-order valence-corrected chi connectivity index (χ2v) is 6.05. The monoisotopic (exact) mass is 378 g/mol. The summed E-state index contributed by atoms with van der Waals surface area (Å²) in [6.07, 6.45) is 1.67. The molecule has 1 aromatic carbocycles. The van der Waals surface area contributed by atoms with Crippen molar-refractivity contribution in [2.45, 2.75) is 19.3 Å². The molecule has 24 heavy (non-hydrogen) atoms. The Morgan fingerprint density at radius 1 is 1.17 bits per heavy atom. The van der Waals surface area contributed by atoms with Crippen molar-refractivity contribution in [3.63, 3.8) is 0 Å². The lowest BCUT2D eigenvalue weighted by molar-refractivity contribution is -0.137. The van der Waals surface area contributed by atoms with Crippen LogP contribution in [0.4, 0.5) is 4.39 Å². The van der Waals surface area contributed by atoms with Gasteiger partial charge in [-0.15, -0.1) is 12.4 Å². The van der Waals surface area contributed by atoms with Crippen molar-refractivity contribution in [1.82, 2.24) is 9.80 Å². The third-order valence-corrected chi connectivity index (χ3v) is 4.17. The van der Waals surface area contributed by atoms with E-state index in [1.807, 2.05) is 0 Å². The molecule has 1 amide bonds. The van der Waals surface area contributed by atoms with E-state index in [1.165, 1.54) is 12.1 Å². The van der Waals surface area contributed by atoms with Gasteiger partial charge in [-0.05, 0) is 37.6 Å². The molecule has 8 heteroatoms. The molecule has 1 fully saturated rings. The van der Waals surface area contributed by atoms with Gasteiger partial charge in [-0.1, -0.05) is 11.6 Å². The second kappa shape index (κ2) is 9.81. The van der Waals surface area contributed by atoms with Crippen LogP contribution < -0.4 is 0 Å². The Kier molecular flexibility index (Phi) is 8.45. The van der Waals surface area contributed by atoms with Crippen LogP contribution in [0.15, 0.2) is 18.2 Å². The number of piperazine rings is 1. The molecule has 1 N–H and O–H groups in total. The van der Waals surface area contributed by atoms with Crippen LogP contribution in [-0.2, 0) is 4.79 Å². The highest BCUT2D eigenvalue weighted by Gasteiger charge is 2.23. The van der Waals surface area contributed by atoms with Gasteiger partial charge in [0.2, 0.25) is 0 Å². The lowest BCUT2D eigenvalue weighted by Crippen LogP contribution is -2.49. The molecule has 0 unspecified atom stereocenters. The fourth-order valence-corrected chi connectivity index (χ4v) is 2.78. The zero-order valence-corrected chi connectivity index (χ0v) is 14.8. The van der Waals surface area contributed by atoms with E-state index < -0.39 is 11.8 Å². The zero-order chi connectivity index (χ0) is 16.8. The quantitative estimate of drug-likeness (QED) is 0.773. The minimum absolute atomic E-state index is 0. The smallest absolute Gasteiger partial charge is 0.303 e. The molecule has 0 radical (unpaired) electrons. The molecule has 0 spiro atoms. The second-order valence-electron chi connectivity index (χ2n) is 5.61. The summed E-state index contributed by atoms with van der Waals surface area (Å²) in [6, 6.07) is 4.07. The molecule has 0 saturated carbocycles. The Labute approximate surface area is 151 Å². The van der Waals surface area contributed by atoms with E-state index in [0.717, 1.165) is 19.0 Å². The summed E-state index contributed by atoms with van der Waals surface area (Å²) in [7, 11) is 0. The first-order chi connectivity index (χ1) is 11.0. The molecule has 0 atom stereocenters. The number of carboxylic acid groups (broad SMARTS) is 1. The average molecular weight is 379 g/mol. The Morgan fingerprint density at radius 3 is 2.42 bits per heavy atom. The number of halogens is 3. The van der Waals surface area contributed by atoms with Crippen LogP contribution >= 0.6 is 24.0 Å². The van der Waals surface area contributed by atoms with E-state index in [1.54, 1.807) is 4.90 Å². The number of rotatable bonds is 6. The van der Waals surface area contributed by atoms with Gasteiger partial charge in [0.05, 0.1) is 5.56 Å². The van der Waals surface area contributed by atoms with E-state index in [0.29, 0.717) is 32.6 Å². The fourth-order valence-electron chi connectivity index (χ4n) is 2.62. The number of benzene rings is 1. The molecule has 1 aliphatic heterocycles. The van der Waals surface area contributed by atoms with E-state index in [2.05, 4.69) is 4.90 Å². The van der Waals surface area contributed by atoms with Crippen molar-refractivity contribution in [2.75, 3.05) is 32.7 Å². The third kappa shape index (κ3) is 5.92. The van der Waals surface area contributed by atoms with Crippen LogP contribution in [0.2, 0.25) is 5.02 Å². The van der Waals surface area contributed by atoms with Crippen molar-refractivity contribution < 1.29 is 19.1 Å². The number of amides is 1. The number of hydrogen-bond donors (Lipinski definition) is 1. The number of aliphatic carboxylic acids is 1. The van der Waals surface area contributed by atoms with Crippen LogP contribution in [0.5, 0.6) is 0 Å². The van der Waals surface area contributed by atoms with E-state index in [4.69, 9.17) is 16.7 Å². The molecule has 0 aromatic heterocycles. The molecular weight excluding hydrogens is 358 g/mol. The summed E-state index contributed by atoms with van der Waals surface area (Å²) in [4.78, 5) is 26.6. The predicted molar refractivity (Wildman–Crippen MR) is 92.5 cm³/mol. The Bertz CT molecular complexity index is 578. The molecular formula is C16H21Cl2FN2O3. The molecule has 1 heterocycles. The highest BCUT2D eigenvalue weighted by molar-refractivity contribution is 6.30. The maximum absolute atomic E-state index is 13.8. The van der Waals surface area contributed by atoms with Crippen molar-refractivity contribution in [1.29, 1.82) is 0 Å². The summed E-state index contributed by atoms with van der Waals surface area (Å²) < 4.78 is 13.8. The predicted octanol–water partition coefficient (Wildman–Crippen LogP) is 2.91. The number of hydrogen-bond acceptors (Lipinski definition) is 3. The van der Waals surface area contributed by atoms with Gasteiger partial charge in [0, 0.05) is 37.6 Å². The summed E-state index contributed by atoms with van der Waals surface area (Å²) in [5.74, 6) is -1.69. The summed E-state index contributed by atoms with van der Waals surface area (Å²) in [6.45, 7) is 3.34. The average Bonchev–Trinajstić information content (AvgIpc) is 2.51. The van der Waals surface area contributed by atoms with E-state index in [-0.39, 0.29) is 35.3 Å². The molecule has 1 aliphatic rings. The molecule has 5 nitrogen and oxygen atoms in total. The van der Waals surface area contributed by atoms with Gasteiger partial charge in [0.15, 0.2) is 0 Å². The van der Waals surface area contributed by atoms with Crippen molar-refractivity contribution >= 4 is 35.9 Å². The highest BCUT2D eigenvalue weighted by atomic mass is 35.5. The first-order valence-electron chi connectivity index (χ1n) is 7.66. The Hall–Kier alpha value is -1.37. The van der Waals surface area contributed by atoms with Crippen LogP contribution in [-0.4, -0.2) is 59.5 Å². The summed E-state index contributed by atoms with van der Waals surface area (Å²) in [5.41, 5.74) is 0.0457. The van der Waals surface area contributed by atoms with Gasteiger partial charge in [-0.3, -0.25) is 14.5 Å². The van der Waals surface area contributed by atoms with Gasteiger partial charge in [0.25, 0.3) is 5.91 Å². The van der Waals surface area contributed by atoms with Crippen LogP contribution in [0.25, 0.3) is 0 Å². The largest absolute Gasteiger partial charge is 0.481 e. The normalized spacial score (nSPS) is 15.0. The maximum atomic E-state index is 13.8. The summed E-state index contributed by atoms with van der Waals surface area (Å²) in [5, 5.41) is 8.87. The van der Waals surface area contributed by atoms with Gasteiger partial charge in [0.1, 0.15) is 5.82 Å². The minimum atomic E-state index is -0.773. The van der Waals surface area contributed by atoms with Gasteiger partial charge >= 0.3 is 5.97 Å². The maximum Gasteiger partial charge on any atom is 0.303 e. The van der Waals surface area contributed by atoms with Gasteiger partial charge < -0.3 is 10.0 Å². The molecule has 1 saturated heterocycles. The first kappa shape index (κ1) is 20.7. The number of nitrogens with zero attached hydrogens (tertiary/aromatic N) is 2. The number of carbonyl (C=O) groups excluding carboxylic acids is 1. The topological polar surface area (TPSA) is 60.9 Å². The Morgan fingerprint density at radius 2 is 1.83 bits per heavy atom. The highest BCUT2D eigenvalue weighted by Crippen LogP contribution is 2.17. The van der Waals surface area contributed by atoms with Crippen LogP contribution in [0.3, 0.4) is 0 Å². The lowest BCUT2D eigenvalue weighted by Gasteiger charge is -2.34. The standard InChI is InChI=1S/C16H20ClFN2O3.ClH/c17-12-4-5-13(14(18)11-12)16(23)20-9-7-19(8-10-20)6-2-1-3-15(21)22;/h4-5,11H,1-3,6-10H2,(H,21,22);1H. The number of carboxylic acids is 1. The van der Waals surface area contributed by atoms with Crippen LogP contribution in [0, 0.1) is 5.82 Å². The SMILES string of the molecule is Cl.O=C(O)CCCCN1CCN(C(=O)c2ccc(Cl)cc2F)CC1. The first-order valence-corrected chi connectivity index (χ1v) is 8.03. The van der Waals surface area contributed by atoms with Gasteiger partial charge in [-0.25, -0.2) is 4.39 Å². The lowest BCUT2D eigenvalue weighted by atomic mass is 10.1. The Balaban J connectivity index is 0.00000288. The van der Waals surface area contributed by atoms with Crippen molar-refractivity contribution in [3.8, 4) is 0 Å². The molecule has 1 aromatic rings.